The number of fused-ring (bicyclic) bond motifs is 1. The molecular weight excluding hydrogens is 282 g/mol. The number of aryl methyl sites for hydroxylation is 1. The third-order valence-corrected chi connectivity index (χ3v) is 3.90. The Bertz CT molecular complexity index is 696. The highest BCUT2D eigenvalue weighted by Crippen LogP contribution is 2.34. The highest BCUT2D eigenvalue weighted by Gasteiger charge is 2.26. The molecule has 1 aromatic heterocycles. The van der Waals surface area contributed by atoms with E-state index in [2.05, 4.69) is 41.6 Å². The third kappa shape index (κ3) is 2.88. The molecule has 0 radical (unpaired) electrons. The number of halogens is 1. The Kier molecular flexibility index (Phi) is 3.60. The summed E-state index contributed by atoms with van der Waals surface area (Å²) in [5, 5.41) is 7.61. The summed E-state index contributed by atoms with van der Waals surface area (Å²) in [6, 6.07) is 11.9. The van der Waals surface area contributed by atoms with Gasteiger partial charge in [-0.2, -0.15) is 0 Å². The van der Waals surface area contributed by atoms with Gasteiger partial charge in [0.15, 0.2) is 0 Å². The van der Waals surface area contributed by atoms with E-state index < -0.39 is 5.66 Å². The smallest absolute Gasteiger partial charge is 0.128 e. The highest BCUT2D eigenvalue weighted by atomic mass is 35.5. The molecule has 2 N–H and O–H groups in total. The number of benzene rings is 1. The van der Waals surface area contributed by atoms with E-state index in [4.69, 9.17) is 11.6 Å². The van der Waals surface area contributed by atoms with E-state index in [1.54, 1.807) is 0 Å². The zero-order chi connectivity index (χ0) is 14.9. The number of hydrogen-bond acceptors (Lipinski definition) is 3. The van der Waals surface area contributed by atoms with Crippen molar-refractivity contribution in [3.05, 3.63) is 58.8 Å². The van der Waals surface area contributed by atoms with Crippen LogP contribution in [-0.4, -0.2) is 10.6 Å². The molecule has 4 heteroatoms. The van der Waals surface area contributed by atoms with E-state index in [0.717, 1.165) is 34.2 Å². The van der Waals surface area contributed by atoms with Gasteiger partial charge in [-0.1, -0.05) is 42.8 Å². The molecule has 0 bridgehead atoms. The van der Waals surface area contributed by atoms with Gasteiger partial charge >= 0.3 is 0 Å². The third-order valence-electron chi connectivity index (χ3n) is 3.58. The van der Waals surface area contributed by atoms with E-state index in [-0.39, 0.29) is 0 Å². The number of nitrogens with one attached hydrogen (secondary N) is 2. The molecule has 1 aromatic carbocycles. The van der Waals surface area contributed by atoms with Crippen molar-refractivity contribution in [3.63, 3.8) is 0 Å². The lowest BCUT2D eigenvalue weighted by molar-refractivity contribution is 0.723. The maximum atomic E-state index is 6.28. The fourth-order valence-corrected chi connectivity index (χ4v) is 2.68. The van der Waals surface area contributed by atoms with Gasteiger partial charge in [0.2, 0.25) is 0 Å². The lowest BCUT2D eigenvalue weighted by Crippen LogP contribution is -2.43. The van der Waals surface area contributed by atoms with Gasteiger partial charge in [-0.15, -0.1) is 0 Å². The van der Waals surface area contributed by atoms with Crippen molar-refractivity contribution < 1.29 is 0 Å². The molecule has 2 aromatic rings. The van der Waals surface area contributed by atoms with Gasteiger partial charge in [-0.25, -0.2) is 4.98 Å². The van der Waals surface area contributed by atoms with Gasteiger partial charge in [0.05, 0.1) is 10.7 Å². The van der Waals surface area contributed by atoms with Gasteiger partial charge in [0.25, 0.3) is 0 Å². The van der Waals surface area contributed by atoms with Crippen LogP contribution in [0.1, 0.15) is 25.1 Å². The minimum Gasteiger partial charge on any atom is -0.358 e. The molecule has 2 heterocycles. The van der Waals surface area contributed by atoms with Crippen LogP contribution in [0.25, 0.3) is 6.08 Å². The van der Waals surface area contributed by atoms with Crippen molar-refractivity contribution in [2.24, 2.45) is 0 Å². The topological polar surface area (TPSA) is 37.0 Å². The molecule has 0 spiro atoms. The van der Waals surface area contributed by atoms with Gasteiger partial charge in [-0.05, 0) is 43.2 Å². The summed E-state index contributed by atoms with van der Waals surface area (Å²) in [6.45, 7) is 4.17. The predicted octanol–water partition coefficient (Wildman–Crippen LogP) is 4.56. The Morgan fingerprint density at radius 1 is 1.24 bits per heavy atom. The van der Waals surface area contributed by atoms with Gasteiger partial charge in [0, 0.05) is 5.69 Å². The maximum absolute atomic E-state index is 6.28. The monoisotopic (exact) mass is 299 g/mol. The van der Waals surface area contributed by atoms with Crippen LogP contribution in [0.3, 0.4) is 0 Å². The van der Waals surface area contributed by atoms with Gasteiger partial charge < -0.3 is 10.6 Å². The molecule has 108 valence electrons. The number of rotatable bonds is 3. The van der Waals surface area contributed by atoms with Crippen molar-refractivity contribution in [2.45, 2.75) is 25.9 Å². The molecular formula is C17H18ClN3. The van der Waals surface area contributed by atoms with E-state index in [0.29, 0.717) is 0 Å². The highest BCUT2D eigenvalue weighted by molar-refractivity contribution is 6.33. The molecule has 21 heavy (non-hydrogen) atoms. The van der Waals surface area contributed by atoms with Crippen molar-refractivity contribution in [3.8, 4) is 0 Å². The fourth-order valence-electron chi connectivity index (χ4n) is 2.45. The summed E-state index contributed by atoms with van der Waals surface area (Å²) in [5.74, 6) is 0.851. The quantitative estimate of drug-likeness (QED) is 0.872. The largest absolute Gasteiger partial charge is 0.358 e. The van der Waals surface area contributed by atoms with Gasteiger partial charge in [-0.3, -0.25) is 0 Å². The Balaban J connectivity index is 1.88. The first-order valence-electron chi connectivity index (χ1n) is 7.10. The molecule has 3 nitrogen and oxygen atoms in total. The summed E-state index contributed by atoms with van der Waals surface area (Å²) >= 11 is 6.28. The molecule has 0 saturated heterocycles. The first-order chi connectivity index (χ1) is 10.1. The maximum Gasteiger partial charge on any atom is 0.128 e. The molecule has 0 amide bonds. The van der Waals surface area contributed by atoms with Crippen molar-refractivity contribution in [1.29, 1.82) is 0 Å². The first kappa shape index (κ1) is 14.0. The molecule has 0 fully saturated rings. The summed E-state index contributed by atoms with van der Waals surface area (Å²) in [4.78, 5) is 4.59. The van der Waals surface area contributed by atoms with Crippen LogP contribution in [0.2, 0.25) is 5.02 Å². The van der Waals surface area contributed by atoms with Crippen LogP contribution >= 0.6 is 11.6 Å². The van der Waals surface area contributed by atoms with Crippen LogP contribution < -0.4 is 10.6 Å². The zero-order valence-electron chi connectivity index (χ0n) is 12.2. The van der Waals surface area contributed by atoms with Gasteiger partial charge in [0.1, 0.15) is 11.5 Å². The molecule has 1 atom stereocenters. The minimum atomic E-state index is -0.419. The summed E-state index contributed by atoms with van der Waals surface area (Å²) in [6.07, 6.45) is 5.09. The van der Waals surface area contributed by atoms with E-state index in [9.17, 15) is 0 Å². The lowest BCUT2D eigenvalue weighted by atomic mass is 10.0. The second-order valence-electron chi connectivity index (χ2n) is 5.36. The molecule has 0 saturated carbocycles. The van der Waals surface area contributed by atoms with Crippen molar-refractivity contribution in [2.75, 3.05) is 10.6 Å². The SMILES string of the molecule is CCc1cccc(NC2(C)C=Cc3cccc(Cl)c3N2)n1. The van der Waals surface area contributed by atoms with E-state index in [1.165, 1.54) is 0 Å². The first-order valence-corrected chi connectivity index (χ1v) is 7.47. The number of para-hydroxylation sites is 1. The lowest BCUT2D eigenvalue weighted by Gasteiger charge is -2.34. The number of hydrogen-bond donors (Lipinski definition) is 2. The van der Waals surface area contributed by atoms with Crippen LogP contribution in [0.4, 0.5) is 11.5 Å². The van der Waals surface area contributed by atoms with Crippen molar-refractivity contribution >= 4 is 29.2 Å². The standard InChI is InChI=1S/C17H18ClN3/c1-3-13-7-5-9-15(19-13)20-17(2)11-10-12-6-4-8-14(18)16(12)21-17/h4-11,21H,3H2,1-2H3,(H,19,20). The Hall–Kier alpha value is -2.00. The van der Waals surface area contributed by atoms with Crippen LogP contribution in [-0.2, 0) is 6.42 Å². The normalized spacial score (nSPS) is 19.8. The second kappa shape index (κ2) is 5.41. The summed E-state index contributed by atoms with van der Waals surface area (Å²) in [7, 11) is 0. The van der Waals surface area contributed by atoms with E-state index in [1.807, 2.05) is 36.4 Å². The fraction of sp³-hybridized carbons (Fsp3) is 0.235. The molecule has 1 aliphatic heterocycles. The molecule has 1 unspecified atom stereocenters. The minimum absolute atomic E-state index is 0.419. The number of pyridine rings is 1. The average molecular weight is 300 g/mol. The van der Waals surface area contributed by atoms with E-state index >= 15 is 0 Å². The number of anilines is 2. The molecule has 0 aliphatic carbocycles. The average Bonchev–Trinajstić information content (AvgIpc) is 2.48. The Morgan fingerprint density at radius 2 is 2.05 bits per heavy atom. The Morgan fingerprint density at radius 3 is 2.86 bits per heavy atom. The number of nitrogens with zero attached hydrogens (tertiary/aromatic N) is 1. The zero-order valence-corrected chi connectivity index (χ0v) is 12.9. The predicted molar refractivity (Wildman–Crippen MR) is 89.8 cm³/mol. The van der Waals surface area contributed by atoms with Crippen LogP contribution in [0.5, 0.6) is 0 Å². The van der Waals surface area contributed by atoms with Crippen molar-refractivity contribution in [1.82, 2.24) is 4.98 Å². The second-order valence-corrected chi connectivity index (χ2v) is 5.76. The van der Waals surface area contributed by atoms with Crippen LogP contribution in [0.15, 0.2) is 42.5 Å². The summed E-state index contributed by atoms with van der Waals surface area (Å²) in [5.41, 5.74) is 2.69. The summed E-state index contributed by atoms with van der Waals surface area (Å²) < 4.78 is 0. The molecule has 3 rings (SSSR count). The molecule has 1 aliphatic rings. The number of aromatic nitrogens is 1. The Labute approximate surface area is 130 Å². The van der Waals surface area contributed by atoms with Crippen LogP contribution in [0, 0.1) is 0 Å².